The molecule has 0 N–H and O–H groups in total. The van der Waals surface area contributed by atoms with Gasteiger partial charge in [-0.2, -0.15) is 0 Å². The summed E-state index contributed by atoms with van der Waals surface area (Å²) in [4.78, 5) is 0. The van der Waals surface area contributed by atoms with Crippen LogP contribution >= 0.6 is 0 Å². The molecule has 0 saturated carbocycles. The first-order valence-electron chi connectivity index (χ1n) is 14.0. The average molecular weight is 534 g/mol. The van der Waals surface area contributed by atoms with Crippen molar-refractivity contribution < 1.29 is 0 Å². The second-order valence-electron chi connectivity index (χ2n) is 10.6. The van der Waals surface area contributed by atoms with Crippen LogP contribution in [-0.2, 0) is 0 Å². The third-order valence-electron chi connectivity index (χ3n) is 8.35. The van der Waals surface area contributed by atoms with Gasteiger partial charge in [0.2, 0.25) is 0 Å². The molecule has 8 aromatic carbocycles. The van der Waals surface area contributed by atoms with Crippen molar-refractivity contribution in [3.05, 3.63) is 152 Å². The van der Waals surface area contributed by atoms with E-state index < -0.39 is 0 Å². The van der Waals surface area contributed by atoms with Gasteiger partial charge in [-0.1, -0.05) is 157 Å². The highest BCUT2D eigenvalue weighted by atomic mass is 28.1. The Morgan fingerprint density at radius 1 is 0.244 bits per heavy atom. The Hall–Kier alpha value is -4.98. The molecule has 0 aliphatic rings. The zero-order valence-corrected chi connectivity index (χ0v) is 23.4. The predicted molar refractivity (Wildman–Crippen MR) is 178 cm³/mol. The molecule has 0 fully saturated rings. The van der Waals surface area contributed by atoms with Gasteiger partial charge in [-0.25, -0.2) is 0 Å². The van der Waals surface area contributed by atoms with Gasteiger partial charge in [-0.15, -0.1) is 0 Å². The van der Waals surface area contributed by atoms with Crippen molar-refractivity contribution in [3.63, 3.8) is 0 Å². The van der Waals surface area contributed by atoms with Crippen molar-refractivity contribution in [2.24, 2.45) is 0 Å². The van der Waals surface area contributed by atoms with Crippen LogP contribution in [0.15, 0.2) is 152 Å². The number of benzene rings is 8. The highest BCUT2D eigenvalue weighted by Gasteiger charge is 2.21. The molecule has 0 unspecified atom stereocenters. The van der Waals surface area contributed by atoms with E-state index in [2.05, 4.69) is 162 Å². The molecule has 0 spiro atoms. The molecule has 0 bridgehead atoms. The summed E-state index contributed by atoms with van der Waals surface area (Å²) in [6, 6.07) is 55.2. The van der Waals surface area contributed by atoms with Crippen molar-refractivity contribution in [2.45, 2.75) is 0 Å². The van der Waals surface area contributed by atoms with E-state index in [1.54, 1.807) is 0 Å². The molecule has 0 amide bonds. The van der Waals surface area contributed by atoms with E-state index in [-0.39, 0.29) is 0 Å². The van der Waals surface area contributed by atoms with Crippen LogP contribution in [0.1, 0.15) is 0 Å². The summed E-state index contributed by atoms with van der Waals surface area (Å²) in [5, 5.41) is 11.3. The molecule has 0 nitrogen and oxygen atoms in total. The van der Waals surface area contributed by atoms with Crippen molar-refractivity contribution in [3.8, 4) is 33.4 Å². The van der Waals surface area contributed by atoms with Gasteiger partial charge in [0, 0.05) is 0 Å². The van der Waals surface area contributed by atoms with Crippen LogP contribution in [-0.4, -0.2) is 10.2 Å². The molecule has 41 heavy (non-hydrogen) atoms. The fraction of sp³-hybridized carbons (Fsp3) is 0. The summed E-state index contributed by atoms with van der Waals surface area (Å²) in [6.45, 7) is 0. The molecule has 3 radical (unpaired) electrons. The monoisotopic (exact) mass is 533 g/mol. The van der Waals surface area contributed by atoms with E-state index in [4.69, 9.17) is 0 Å². The molecule has 1 heteroatoms. The third-order valence-corrected chi connectivity index (χ3v) is 8.68. The average Bonchev–Trinajstić information content (AvgIpc) is 3.04. The highest BCUT2D eigenvalue weighted by molar-refractivity contribution is 6.33. The maximum Gasteiger partial charge on any atom is 0.0711 e. The summed E-state index contributed by atoms with van der Waals surface area (Å²) in [7, 11) is 3.68. The van der Waals surface area contributed by atoms with Gasteiger partial charge in [0.1, 0.15) is 0 Å². The van der Waals surface area contributed by atoms with Gasteiger partial charge < -0.3 is 0 Å². The molecule has 0 aliphatic heterocycles. The minimum Gasteiger partial charge on any atom is -0.0673 e. The Balaban J connectivity index is 1.60. The number of hydrogen-bond acceptors (Lipinski definition) is 0. The number of fused-ring (bicyclic) bond motifs is 4. The normalized spacial score (nSPS) is 11.5. The first-order chi connectivity index (χ1) is 20.3. The maximum atomic E-state index is 3.68. The quantitative estimate of drug-likeness (QED) is 0.157. The van der Waals surface area contributed by atoms with Gasteiger partial charge in [0.05, 0.1) is 10.2 Å². The highest BCUT2D eigenvalue weighted by Crippen LogP contribution is 2.49. The van der Waals surface area contributed by atoms with Crippen molar-refractivity contribution in [1.29, 1.82) is 0 Å². The van der Waals surface area contributed by atoms with Crippen LogP contribution in [0.2, 0.25) is 0 Å². The van der Waals surface area contributed by atoms with E-state index in [0.29, 0.717) is 0 Å². The van der Waals surface area contributed by atoms with Gasteiger partial charge in [0.25, 0.3) is 0 Å². The lowest BCUT2D eigenvalue weighted by Crippen LogP contribution is -2.00. The van der Waals surface area contributed by atoms with E-state index in [1.165, 1.54) is 76.5 Å². The standard InChI is InChI=1S/C40H25Si/c41-28-24-22-27(23-25-28)38-31-16-6-10-20-35(31)40(36-21-11-7-17-32(36)38)39-33-18-8-4-14-29(33)37(26-12-2-1-3-13-26)30-15-5-9-19-34(30)39/h1-25H. The topological polar surface area (TPSA) is 0 Å². The van der Waals surface area contributed by atoms with Crippen LogP contribution in [0.4, 0.5) is 0 Å². The lowest BCUT2D eigenvalue weighted by atomic mass is 9.81. The molecule has 189 valence electrons. The van der Waals surface area contributed by atoms with E-state index in [0.717, 1.165) is 5.19 Å². The Kier molecular flexibility index (Phi) is 5.58. The summed E-state index contributed by atoms with van der Waals surface area (Å²) in [5.74, 6) is 0. The summed E-state index contributed by atoms with van der Waals surface area (Å²) < 4.78 is 0. The largest absolute Gasteiger partial charge is 0.0711 e. The van der Waals surface area contributed by atoms with Crippen molar-refractivity contribution >= 4 is 58.5 Å². The summed E-state index contributed by atoms with van der Waals surface area (Å²) in [5.41, 5.74) is 7.63. The van der Waals surface area contributed by atoms with Crippen LogP contribution < -0.4 is 5.19 Å². The Morgan fingerprint density at radius 2 is 0.512 bits per heavy atom. The van der Waals surface area contributed by atoms with Crippen LogP contribution in [0.5, 0.6) is 0 Å². The molecule has 8 aromatic rings. The smallest absolute Gasteiger partial charge is 0.0673 e. The van der Waals surface area contributed by atoms with Gasteiger partial charge >= 0.3 is 0 Å². The Morgan fingerprint density at radius 3 is 0.854 bits per heavy atom. The fourth-order valence-corrected chi connectivity index (χ4v) is 6.83. The zero-order chi connectivity index (χ0) is 27.3. The molecule has 0 aromatic heterocycles. The Bertz CT molecular complexity index is 2130. The number of hydrogen-bond donors (Lipinski definition) is 0. The number of rotatable bonds is 3. The second-order valence-corrected chi connectivity index (χ2v) is 11.2. The maximum absolute atomic E-state index is 3.68. The van der Waals surface area contributed by atoms with E-state index in [9.17, 15) is 0 Å². The summed E-state index contributed by atoms with van der Waals surface area (Å²) in [6.07, 6.45) is 0. The van der Waals surface area contributed by atoms with Crippen LogP contribution in [0.25, 0.3) is 76.5 Å². The van der Waals surface area contributed by atoms with E-state index in [1.807, 2.05) is 0 Å². The first-order valence-corrected chi connectivity index (χ1v) is 14.5. The minimum atomic E-state index is 1.08. The first kappa shape index (κ1) is 23.9. The Labute approximate surface area is 243 Å². The molecule has 0 atom stereocenters. The summed E-state index contributed by atoms with van der Waals surface area (Å²) >= 11 is 0. The van der Waals surface area contributed by atoms with Crippen LogP contribution in [0, 0.1) is 0 Å². The lowest BCUT2D eigenvalue weighted by Gasteiger charge is -2.22. The molecule has 0 saturated heterocycles. The van der Waals surface area contributed by atoms with Crippen molar-refractivity contribution in [2.75, 3.05) is 0 Å². The SMILES string of the molecule is [Si]c1ccc(-c2c3ccccc3c(-c3c4ccccc4c(-c4ccccc4)c4ccccc34)c3ccccc23)cc1. The van der Waals surface area contributed by atoms with Gasteiger partial charge in [-0.3, -0.25) is 0 Å². The van der Waals surface area contributed by atoms with Gasteiger partial charge in [-0.05, 0) is 76.5 Å². The van der Waals surface area contributed by atoms with Crippen LogP contribution in [0.3, 0.4) is 0 Å². The lowest BCUT2D eigenvalue weighted by molar-refractivity contribution is 1.66. The second kappa shape index (κ2) is 9.59. The zero-order valence-electron chi connectivity index (χ0n) is 22.4. The molecular weight excluding hydrogens is 509 g/mol. The molecular formula is C40H25Si. The molecule has 0 heterocycles. The molecule has 0 aliphatic carbocycles. The predicted octanol–water partition coefficient (Wildman–Crippen LogP) is 10.1. The van der Waals surface area contributed by atoms with Crippen molar-refractivity contribution in [1.82, 2.24) is 0 Å². The van der Waals surface area contributed by atoms with E-state index >= 15 is 0 Å². The molecule has 8 rings (SSSR count). The fourth-order valence-electron chi connectivity index (χ4n) is 6.66. The third kappa shape index (κ3) is 3.74. The van der Waals surface area contributed by atoms with Gasteiger partial charge in [0.15, 0.2) is 0 Å². The minimum absolute atomic E-state index is 1.08.